The minimum Gasteiger partial charge on any atom is -0.346 e. The standard InChI is InChI=1S/C22H22N4O2/c1-22(2,3)18-12-20(28-26-18)25-19(27)10-14-4-6-15(7-5-14)17-11-16-8-9-23-21(16)24-13-17/h4-9,11-13H,10H2,1-3H3,(H,23,24)(H,25,27). The van der Waals surface area contributed by atoms with Gasteiger partial charge >= 0.3 is 0 Å². The van der Waals surface area contributed by atoms with Crippen LogP contribution in [0.15, 0.2) is 59.4 Å². The van der Waals surface area contributed by atoms with Gasteiger partial charge in [-0.15, -0.1) is 0 Å². The maximum atomic E-state index is 12.3. The van der Waals surface area contributed by atoms with Gasteiger partial charge in [-0.05, 0) is 23.3 Å². The highest BCUT2D eigenvalue weighted by atomic mass is 16.5. The maximum absolute atomic E-state index is 12.3. The monoisotopic (exact) mass is 374 g/mol. The number of carbonyl (C=O) groups excluding carboxylic acids is 1. The summed E-state index contributed by atoms with van der Waals surface area (Å²) in [5.74, 6) is 0.234. The van der Waals surface area contributed by atoms with Crippen molar-refractivity contribution in [1.29, 1.82) is 0 Å². The first-order valence-corrected chi connectivity index (χ1v) is 9.18. The van der Waals surface area contributed by atoms with Gasteiger partial charge < -0.3 is 9.51 Å². The molecule has 4 aromatic rings. The zero-order valence-electron chi connectivity index (χ0n) is 16.1. The lowest BCUT2D eigenvalue weighted by atomic mass is 9.92. The minimum atomic E-state index is -0.139. The molecule has 0 atom stereocenters. The van der Waals surface area contributed by atoms with Crippen molar-refractivity contribution >= 4 is 22.8 Å². The van der Waals surface area contributed by atoms with E-state index < -0.39 is 0 Å². The molecular formula is C22H22N4O2. The van der Waals surface area contributed by atoms with Gasteiger partial charge in [0.2, 0.25) is 11.8 Å². The molecule has 1 aromatic carbocycles. The molecule has 3 heterocycles. The number of H-pyrrole nitrogens is 1. The second kappa shape index (κ2) is 6.96. The fraction of sp³-hybridized carbons (Fsp3) is 0.227. The summed E-state index contributed by atoms with van der Waals surface area (Å²) in [7, 11) is 0. The zero-order valence-corrected chi connectivity index (χ0v) is 16.1. The number of carbonyl (C=O) groups is 1. The lowest BCUT2D eigenvalue weighted by Gasteiger charge is -2.12. The molecule has 0 unspecified atom stereocenters. The largest absolute Gasteiger partial charge is 0.346 e. The fourth-order valence-electron chi connectivity index (χ4n) is 2.97. The highest BCUT2D eigenvalue weighted by Gasteiger charge is 2.19. The minimum absolute atomic E-state index is 0.124. The lowest BCUT2D eigenvalue weighted by molar-refractivity contribution is -0.115. The molecule has 1 amide bonds. The zero-order chi connectivity index (χ0) is 19.7. The third-order valence-electron chi connectivity index (χ3n) is 4.59. The lowest BCUT2D eigenvalue weighted by Crippen LogP contribution is -2.14. The Morgan fingerprint density at radius 1 is 1.11 bits per heavy atom. The molecule has 142 valence electrons. The summed E-state index contributed by atoms with van der Waals surface area (Å²) in [4.78, 5) is 19.8. The fourth-order valence-corrected chi connectivity index (χ4v) is 2.97. The Balaban J connectivity index is 1.42. The number of amides is 1. The molecule has 3 aromatic heterocycles. The molecule has 0 spiro atoms. The van der Waals surface area contributed by atoms with Crippen molar-refractivity contribution in [3.63, 3.8) is 0 Å². The summed E-state index contributed by atoms with van der Waals surface area (Å²) in [6.45, 7) is 6.13. The van der Waals surface area contributed by atoms with Crippen LogP contribution in [0.5, 0.6) is 0 Å². The van der Waals surface area contributed by atoms with E-state index in [-0.39, 0.29) is 17.7 Å². The predicted molar refractivity (Wildman–Crippen MR) is 109 cm³/mol. The number of benzene rings is 1. The molecule has 0 aliphatic heterocycles. The molecule has 28 heavy (non-hydrogen) atoms. The van der Waals surface area contributed by atoms with Crippen molar-refractivity contribution < 1.29 is 9.32 Å². The van der Waals surface area contributed by atoms with Gasteiger partial charge in [-0.1, -0.05) is 50.2 Å². The number of nitrogens with zero attached hydrogens (tertiary/aromatic N) is 2. The predicted octanol–water partition coefficient (Wildman–Crippen LogP) is 4.70. The van der Waals surface area contributed by atoms with Gasteiger partial charge in [0.25, 0.3) is 0 Å². The van der Waals surface area contributed by atoms with Crippen LogP contribution in [-0.4, -0.2) is 21.0 Å². The molecule has 0 aliphatic rings. The molecular weight excluding hydrogens is 352 g/mol. The molecule has 2 N–H and O–H groups in total. The summed E-state index contributed by atoms with van der Waals surface area (Å²) >= 11 is 0. The van der Waals surface area contributed by atoms with E-state index in [0.717, 1.165) is 33.4 Å². The Labute approximate surface area is 163 Å². The molecule has 0 bridgehead atoms. The smallest absolute Gasteiger partial charge is 0.231 e. The second-order valence-electron chi connectivity index (χ2n) is 7.89. The van der Waals surface area contributed by atoms with E-state index in [1.807, 2.05) is 63.5 Å². The van der Waals surface area contributed by atoms with Crippen LogP contribution < -0.4 is 5.32 Å². The average molecular weight is 374 g/mol. The third-order valence-corrected chi connectivity index (χ3v) is 4.59. The maximum Gasteiger partial charge on any atom is 0.231 e. The topological polar surface area (TPSA) is 83.8 Å². The van der Waals surface area contributed by atoms with E-state index in [1.54, 1.807) is 6.07 Å². The number of anilines is 1. The SMILES string of the molecule is CC(C)(C)c1cc(NC(=O)Cc2ccc(-c3cnc4[nH]ccc4c3)cc2)on1. The number of rotatable bonds is 4. The normalized spacial score (nSPS) is 11.7. The van der Waals surface area contributed by atoms with Gasteiger partial charge in [-0.3, -0.25) is 10.1 Å². The van der Waals surface area contributed by atoms with Gasteiger partial charge in [0.05, 0.1) is 12.1 Å². The molecule has 4 rings (SSSR count). The molecule has 0 radical (unpaired) electrons. The van der Waals surface area contributed by atoms with Crippen LogP contribution in [-0.2, 0) is 16.6 Å². The quantitative estimate of drug-likeness (QED) is 0.542. The molecule has 6 nitrogen and oxygen atoms in total. The van der Waals surface area contributed by atoms with Gasteiger partial charge in [-0.2, -0.15) is 0 Å². The van der Waals surface area contributed by atoms with E-state index in [4.69, 9.17) is 4.52 Å². The molecule has 0 aliphatic carbocycles. The number of hydrogen-bond acceptors (Lipinski definition) is 4. The first-order chi connectivity index (χ1) is 13.4. The average Bonchev–Trinajstić information content (AvgIpc) is 3.30. The van der Waals surface area contributed by atoms with E-state index in [2.05, 4.69) is 26.5 Å². The van der Waals surface area contributed by atoms with Crippen molar-refractivity contribution in [3.05, 3.63) is 66.1 Å². The van der Waals surface area contributed by atoms with E-state index in [1.165, 1.54) is 0 Å². The summed E-state index contributed by atoms with van der Waals surface area (Å²) in [6.07, 6.45) is 3.99. The Bertz CT molecular complexity index is 1120. The number of nitrogens with one attached hydrogen (secondary N) is 2. The Morgan fingerprint density at radius 2 is 1.89 bits per heavy atom. The first kappa shape index (κ1) is 18.0. The van der Waals surface area contributed by atoms with Crippen LogP contribution in [0.3, 0.4) is 0 Å². The Kier molecular flexibility index (Phi) is 4.47. The number of aromatic nitrogens is 3. The molecule has 0 saturated carbocycles. The molecule has 0 fully saturated rings. The van der Waals surface area contributed by atoms with Crippen LogP contribution in [0.4, 0.5) is 5.88 Å². The van der Waals surface area contributed by atoms with Crippen molar-refractivity contribution in [2.75, 3.05) is 5.32 Å². The van der Waals surface area contributed by atoms with E-state index in [9.17, 15) is 4.79 Å². The van der Waals surface area contributed by atoms with Crippen LogP contribution in [0.25, 0.3) is 22.2 Å². The van der Waals surface area contributed by atoms with E-state index in [0.29, 0.717) is 5.88 Å². The number of pyridine rings is 1. The summed E-state index contributed by atoms with van der Waals surface area (Å²) < 4.78 is 5.21. The molecule has 6 heteroatoms. The van der Waals surface area contributed by atoms with Crippen molar-refractivity contribution in [2.45, 2.75) is 32.6 Å². The third kappa shape index (κ3) is 3.81. The number of hydrogen-bond donors (Lipinski definition) is 2. The first-order valence-electron chi connectivity index (χ1n) is 9.18. The summed E-state index contributed by atoms with van der Waals surface area (Å²) in [5, 5.41) is 7.85. The summed E-state index contributed by atoms with van der Waals surface area (Å²) in [5.41, 5.74) is 4.58. The van der Waals surface area contributed by atoms with Crippen LogP contribution in [0.2, 0.25) is 0 Å². The second-order valence-corrected chi connectivity index (χ2v) is 7.89. The van der Waals surface area contributed by atoms with Crippen molar-refractivity contribution in [1.82, 2.24) is 15.1 Å². The highest BCUT2D eigenvalue weighted by molar-refractivity contribution is 5.91. The molecule has 0 saturated heterocycles. The Hall–Kier alpha value is -3.41. The summed E-state index contributed by atoms with van der Waals surface area (Å²) in [6, 6.07) is 13.8. The number of aromatic amines is 1. The highest BCUT2D eigenvalue weighted by Crippen LogP contribution is 2.24. The van der Waals surface area contributed by atoms with Gasteiger partial charge in [0, 0.05) is 34.8 Å². The van der Waals surface area contributed by atoms with Gasteiger partial charge in [0.1, 0.15) is 5.65 Å². The van der Waals surface area contributed by atoms with Crippen LogP contribution in [0.1, 0.15) is 32.0 Å². The van der Waals surface area contributed by atoms with Crippen molar-refractivity contribution in [2.24, 2.45) is 0 Å². The van der Waals surface area contributed by atoms with Gasteiger partial charge in [-0.25, -0.2) is 4.98 Å². The number of fused-ring (bicyclic) bond motifs is 1. The Morgan fingerprint density at radius 3 is 2.61 bits per heavy atom. The van der Waals surface area contributed by atoms with E-state index >= 15 is 0 Å². The van der Waals surface area contributed by atoms with Crippen molar-refractivity contribution in [3.8, 4) is 11.1 Å². The van der Waals surface area contributed by atoms with Crippen LogP contribution >= 0.6 is 0 Å². The van der Waals surface area contributed by atoms with Crippen LogP contribution in [0, 0.1) is 0 Å². The van der Waals surface area contributed by atoms with Gasteiger partial charge in [0.15, 0.2) is 0 Å².